The first kappa shape index (κ1) is 15.2. The summed E-state index contributed by atoms with van der Waals surface area (Å²) in [5.41, 5.74) is 4.24. The van der Waals surface area contributed by atoms with Crippen molar-refractivity contribution >= 4 is 22.4 Å². The normalized spacial score (nSPS) is 11.7. The molecule has 2 aromatic carbocycles. The van der Waals surface area contributed by atoms with Crippen LogP contribution in [0.4, 0.5) is 5.82 Å². The van der Waals surface area contributed by atoms with Gasteiger partial charge in [0, 0.05) is 12.4 Å². The highest BCUT2D eigenvalue weighted by atomic mass is 15.5. The minimum absolute atomic E-state index is 0.744. The summed E-state index contributed by atoms with van der Waals surface area (Å²) in [5, 5.41) is 7.52. The summed E-state index contributed by atoms with van der Waals surface area (Å²) in [4.78, 5) is 9.05. The van der Waals surface area contributed by atoms with E-state index in [1.165, 1.54) is 5.56 Å². The largest absolute Gasteiger partial charge is 0.250 e. The van der Waals surface area contributed by atoms with Crippen LogP contribution in [-0.4, -0.2) is 22.7 Å². The molecule has 0 spiro atoms. The zero-order valence-electron chi connectivity index (χ0n) is 13.9. The third-order valence-corrected chi connectivity index (χ3v) is 3.77. The fourth-order valence-electron chi connectivity index (χ4n) is 2.54. The lowest BCUT2D eigenvalue weighted by atomic mass is 10.1. The molecule has 0 aliphatic carbocycles. The number of fused-ring (bicyclic) bond motifs is 1. The zero-order chi connectivity index (χ0) is 16.4. The summed E-state index contributed by atoms with van der Waals surface area (Å²) in [6.07, 6.45) is 0. The molecule has 0 aliphatic heterocycles. The van der Waals surface area contributed by atoms with Gasteiger partial charge in [-0.25, -0.2) is 9.97 Å². The molecule has 1 heterocycles. The van der Waals surface area contributed by atoms with Crippen LogP contribution >= 0.6 is 0 Å². The zero-order valence-corrected chi connectivity index (χ0v) is 13.9. The molecule has 0 N–H and O–H groups in total. The Hall–Kier alpha value is -2.75. The lowest BCUT2D eigenvalue weighted by Crippen LogP contribution is -2.15. The number of hydrogen-bond acceptors (Lipinski definition) is 4. The predicted octanol–water partition coefficient (Wildman–Crippen LogP) is 4.11. The first-order chi connectivity index (χ1) is 11.0. The number of nitrogens with zero attached hydrogens (tertiary/aromatic N) is 4. The number of para-hydroxylation sites is 1. The Bertz CT molecular complexity index is 866. The van der Waals surface area contributed by atoms with Gasteiger partial charge in [0.15, 0.2) is 5.82 Å². The number of anilines is 1. The molecule has 4 nitrogen and oxygen atoms in total. The Balaban J connectivity index is 2.01. The van der Waals surface area contributed by atoms with Gasteiger partial charge in [-0.1, -0.05) is 42.0 Å². The van der Waals surface area contributed by atoms with E-state index in [4.69, 9.17) is 5.10 Å². The highest BCUT2D eigenvalue weighted by Crippen LogP contribution is 2.23. The van der Waals surface area contributed by atoms with Crippen LogP contribution in [0.2, 0.25) is 0 Å². The lowest BCUT2D eigenvalue weighted by Gasteiger charge is -2.16. The molecule has 0 bridgehead atoms. The predicted molar refractivity (Wildman–Crippen MR) is 96.1 cm³/mol. The molecule has 3 aromatic rings. The van der Waals surface area contributed by atoms with Crippen molar-refractivity contribution in [2.24, 2.45) is 5.10 Å². The van der Waals surface area contributed by atoms with Gasteiger partial charge in [-0.15, -0.1) is 0 Å². The number of benzene rings is 2. The van der Waals surface area contributed by atoms with Gasteiger partial charge < -0.3 is 0 Å². The van der Waals surface area contributed by atoms with Crippen molar-refractivity contribution in [3.05, 3.63) is 65.5 Å². The van der Waals surface area contributed by atoms with Crippen molar-refractivity contribution in [3.8, 4) is 0 Å². The fourth-order valence-corrected chi connectivity index (χ4v) is 2.54. The Kier molecular flexibility index (Phi) is 4.06. The fraction of sp³-hybridized carbons (Fsp3) is 0.211. The molecule has 23 heavy (non-hydrogen) atoms. The molecule has 0 unspecified atom stereocenters. The summed E-state index contributed by atoms with van der Waals surface area (Å²) >= 11 is 0. The van der Waals surface area contributed by atoms with Crippen LogP contribution in [0.25, 0.3) is 10.9 Å². The lowest BCUT2D eigenvalue weighted by molar-refractivity contribution is 0.955. The molecular formula is C19H20N4. The molecule has 0 aliphatic rings. The van der Waals surface area contributed by atoms with Crippen LogP contribution in [0.3, 0.4) is 0 Å². The van der Waals surface area contributed by atoms with Crippen molar-refractivity contribution in [2.45, 2.75) is 20.8 Å². The van der Waals surface area contributed by atoms with Crippen LogP contribution in [-0.2, 0) is 0 Å². The van der Waals surface area contributed by atoms with E-state index in [0.29, 0.717) is 0 Å². The molecule has 0 amide bonds. The summed E-state index contributed by atoms with van der Waals surface area (Å²) < 4.78 is 0. The van der Waals surface area contributed by atoms with Crippen molar-refractivity contribution in [3.63, 3.8) is 0 Å². The maximum Gasteiger partial charge on any atom is 0.160 e. The molecule has 116 valence electrons. The van der Waals surface area contributed by atoms with E-state index in [1.54, 1.807) is 0 Å². The van der Waals surface area contributed by atoms with E-state index < -0.39 is 0 Å². The Labute approximate surface area is 136 Å². The summed E-state index contributed by atoms with van der Waals surface area (Å²) in [7, 11) is 1.92. The van der Waals surface area contributed by atoms with Crippen molar-refractivity contribution < 1.29 is 0 Å². The average molecular weight is 304 g/mol. The molecule has 0 fully saturated rings. The Morgan fingerprint density at radius 3 is 2.39 bits per heavy atom. The van der Waals surface area contributed by atoms with Crippen LogP contribution in [0.5, 0.6) is 0 Å². The summed E-state index contributed by atoms with van der Waals surface area (Å²) in [5.74, 6) is 1.56. The first-order valence-corrected chi connectivity index (χ1v) is 7.64. The average Bonchev–Trinajstić information content (AvgIpc) is 2.54. The molecule has 0 saturated carbocycles. The Morgan fingerprint density at radius 1 is 0.957 bits per heavy atom. The molecule has 3 rings (SSSR count). The van der Waals surface area contributed by atoms with Gasteiger partial charge in [-0.05, 0) is 38.5 Å². The monoisotopic (exact) mass is 304 g/mol. The van der Waals surface area contributed by atoms with Gasteiger partial charge in [0.25, 0.3) is 0 Å². The van der Waals surface area contributed by atoms with E-state index >= 15 is 0 Å². The van der Waals surface area contributed by atoms with Crippen LogP contribution in [0.1, 0.15) is 23.9 Å². The first-order valence-electron chi connectivity index (χ1n) is 7.64. The van der Waals surface area contributed by atoms with E-state index in [2.05, 4.69) is 41.2 Å². The minimum atomic E-state index is 0.744. The SMILES string of the molecule is C/C(=N\N(C)c1nc(C)nc2ccccc12)c1ccc(C)cc1. The van der Waals surface area contributed by atoms with Gasteiger partial charge in [0.1, 0.15) is 5.82 Å². The van der Waals surface area contributed by atoms with Gasteiger partial charge in [0.05, 0.1) is 11.2 Å². The number of hydrazone groups is 1. The van der Waals surface area contributed by atoms with Gasteiger partial charge >= 0.3 is 0 Å². The number of aromatic nitrogens is 2. The molecule has 0 radical (unpaired) electrons. The number of aryl methyl sites for hydroxylation is 2. The Morgan fingerprint density at radius 2 is 1.65 bits per heavy atom. The highest BCUT2D eigenvalue weighted by Gasteiger charge is 2.10. The molecular weight excluding hydrogens is 284 g/mol. The molecule has 1 aromatic heterocycles. The smallest absolute Gasteiger partial charge is 0.160 e. The number of rotatable bonds is 3. The minimum Gasteiger partial charge on any atom is -0.250 e. The van der Waals surface area contributed by atoms with E-state index in [0.717, 1.165) is 33.8 Å². The highest BCUT2D eigenvalue weighted by molar-refractivity contribution is 5.99. The standard InChI is InChI=1S/C19H20N4/c1-13-9-11-16(12-10-13)14(2)22-23(4)19-17-7-5-6-8-18(17)20-15(3)21-19/h5-12H,1-4H3/b22-14+. The third-order valence-electron chi connectivity index (χ3n) is 3.77. The maximum atomic E-state index is 4.70. The van der Waals surface area contributed by atoms with E-state index in [-0.39, 0.29) is 0 Å². The van der Waals surface area contributed by atoms with Crippen molar-refractivity contribution in [1.29, 1.82) is 0 Å². The van der Waals surface area contributed by atoms with E-state index in [1.807, 2.05) is 50.2 Å². The maximum absolute atomic E-state index is 4.70. The second kappa shape index (κ2) is 6.16. The molecule has 0 atom stereocenters. The molecule has 0 saturated heterocycles. The van der Waals surface area contributed by atoms with E-state index in [9.17, 15) is 0 Å². The second-order valence-corrected chi connectivity index (χ2v) is 5.69. The van der Waals surface area contributed by atoms with Gasteiger partial charge in [-0.3, -0.25) is 5.01 Å². The topological polar surface area (TPSA) is 41.4 Å². The van der Waals surface area contributed by atoms with Crippen LogP contribution in [0, 0.1) is 13.8 Å². The summed E-state index contributed by atoms with van der Waals surface area (Å²) in [6.45, 7) is 6.00. The quantitative estimate of drug-likeness (QED) is 0.540. The van der Waals surface area contributed by atoms with Gasteiger partial charge in [-0.2, -0.15) is 5.10 Å². The number of hydrogen-bond donors (Lipinski definition) is 0. The van der Waals surface area contributed by atoms with Crippen LogP contribution < -0.4 is 5.01 Å². The van der Waals surface area contributed by atoms with Gasteiger partial charge in [0.2, 0.25) is 0 Å². The second-order valence-electron chi connectivity index (χ2n) is 5.69. The van der Waals surface area contributed by atoms with Crippen LogP contribution in [0.15, 0.2) is 53.6 Å². The summed E-state index contributed by atoms with van der Waals surface area (Å²) in [6, 6.07) is 16.4. The third kappa shape index (κ3) is 3.21. The van der Waals surface area contributed by atoms with Crippen molar-refractivity contribution in [1.82, 2.24) is 9.97 Å². The molecule has 4 heteroatoms. The van der Waals surface area contributed by atoms with Crippen molar-refractivity contribution in [2.75, 3.05) is 12.1 Å².